The molecule has 13 heavy (non-hydrogen) atoms. The summed E-state index contributed by atoms with van der Waals surface area (Å²) in [6.07, 6.45) is 4.70. The van der Waals surface area contributed by atoms with E-state index in [1.54, 1.807) is 0 Å². The average Bonchev–Trinajstić information content (AvgIpc) is 2.14. The summed E-state index contributed by atoms with van der Waals surface area (Å²) < 4.78 is 5.45. The van der Waals surface area contributed by atoms with Crippen LogP contribution in [0.15, 0.2) is 0 Å². The highest BCUT2D eigenvalue weighted by Crippen LogP contribution is 2.17. The van der Waals surface area contributed by atoms with Crippen LogP contribution in [0.2, 0.25) is 0 Å². The van der Waals surface area contributed by atoms with E-state index < -0.39 is 0 Å². The Labute approximate surface area is 81.0 Å². The molecule has 0 bridgehead atoms. The molecule has 3 N–H and O–H groups in total. The van der Waals surface area contributed by atoms with Crippen molar-refractivity contribution < 1.29 is 4.74 Å². The van der Waals surface area contributed by atoms with Crippen molar-refractivity contribution in [3.8, 4) is 0 Å². The van der Waals surface area contributed by atoms with Crippen LogP contribution in [-0.2, 0) is 4.74 Å². The van der Waals surface area contributed by atoms with Gasteiger partial charge in [0, 0.05) is 12.1 Å². The second-order valence-electron chi connectivity index (χ2n) is 4.14. The first-order chi connectivity index (χ1) is 6.27. The number of hydrogen-bond acceptors (Lipinski definition) is 3. The van der Waals surface area contributed by atoms with Gasteiger partial charge in [-0.15, -0.1) is 0 Å². The molecule has 3 heteroatoms. The molecular weight excluding hydrogens is 164 g/mol. The molecule has 1 rings (SSSR count). The Morgan fingerprint density at radius 3 is 2.92 bits per heavy atom. The summed E-state index contributed by atoms with van der Waals surface area (Å²) in [7, 11) is 0. The summed E-state index contributed by atoms with van der Waals surface area (Å²) in [4.78, 5) is 0. The van der Waals surface area contributed by atoms with Crippen molar-refractivity contribution in [2.45, 2.75) is 38.1 Å². The molecule has 1 aliphatic heterocycles. The van der Waals surface area contributed by atoms with Crippen molar-refractivity contribution in [1.82, 2.24) is 5.32 Å². The minimum atomic E-state index is 0.215. The van der Waals surface area contributed by atoms with E-state index in [4.69, 9.17) is 10.5 Å². The van der Waals surface area contributed by atoms with Gasteiger partial charge in [-0.1, -0.05) is 0 Å². The molecule has 78 valence electrons. The quantitative estimate of drug-likeness (QED) is 0.627. The van der Waals surface area contributed by atoms with Gasteiger partial charge >= 0.3 is 0 Å². The lowest BCUT2D eigenvalue weighted by Gasteiger charge is -2.34. The Balaban J connectivity index is 2.10. The number of nitrogens with one attached hydrogen (secondary N) is 1. The Morgan fingerprint density at radius 2 is 2.31 bits per heavy atom. The third-order valence-corrected chi connectivity index (χ3v) is 2.62. The van der Waals surface area contributed by atoms with Crippen LogP contribution in [0.25, 0.3) is 0 Å². The molecule has 0 aromatic heterocycles. The minimum Gasteiger partial charge on any atom is -0.380 e. The van der Waals surface area contributed by atoms with Crippen LogP contribution in [-0.4, -0.2) is 31.8 Å². The highest BCUT2D eigenvalue weighted by Gasteiger charge is 2.26. The zero-order chi connectivity index (χ0) is 9.57. The van der Waals surface area contributed by atoms with Gasteiger partial charge in [0.05, 0.1) is 6.61 Å². The monoisotopic (exact) mass is 186 g/mol. The van der Waals surface area contributed by atoms with Gasteiger partial charge < -0.3 is 15.8 Å². The van der Waals surface area contributed by atoms with Gasteiger partial charge in [-0.2, -0.15) is 0 Å². The van der Waals surface area contributed by atoms with Gasteiger partial charge in [0.2, 0.25) is 0 Å². The molecule has 0 spiro atoms. The maximum atomic E-state index is 5.45. The lowest BCUT2D eigenvalue weighted by molar-refractivity contribution is 0.0286. The van der Waals surface area contributed by atoms with Crippen LogP contribution >= 0.6 is 0 Å². The third-order valence-electron chi connectivity index (χ3n) is 2.62. The van der Waals surface area contributed by atoms with Crippen LogP contribution in [0.3, 0.4) is 0 Å². The molecule has 1 saturated heterocycles. The summed E-state index contributed by atoms with van der Waals surface area (Å²) in [5.74, 6) is 0. The average molecular weight is 186 g/mol. The predicted molar refractivity (Wildman–Crippen MR) is 54.7 cm³/mol. The van der Waals surface area contributed by atoms with E-state index in [9.17, 15) is 0 Å². The number of ether oxygens (including phenoxy) is 1. The third kappa shape index (κ3) is 4.07. The number of hydrogen-bond donors (Lipinski definition) is 2. The first kappa shape index (κ1) is 11.0. The molecule has 0 aromatic rings. The fraction of sp³-hybridized carbons (Fsp3) is 1.00. The predicted octanol–water partition coefficient (Wildman–Crippen LogP) is 0.884. The maximum absolute atomic E-state index is 5.45. The van der Waals surface area contributed by atoms with Crippen molar-refractivity contribution in [3.05, 3.63) is 0 Å². The molecule has 0 aromatic carbocycles. The maximum Gasteiger partial charge on any atom is 0.0645 e. The minimum absolute atomic E-state index is 0.215. The fourth-order valence-electron chi connectivity index (χ4n) is 1.73. The molecule has 0 amide bonds. The molecule has 1 unspecified atom stereocenters. The van der Waals surface area contributed by atoms with Gasteiger partial charge in [-0.25, -0.2) is 0 Å². The van der Waals surface area contributed by atoms with Crippen LogP contribution in [0.5, 0.6) is 0 Å². The molecular formula is C10H22N2O. The molecule has 1 fully saturated rings. The largest absolute Gasteiger partial charge is 0.380 e. The molecule has 1 heterocycles. The number of rotatable bonds is 5. The molecule has 0 aliphatic carbocycles. The van der Waals surface area contributed by atoms with E-state index >= 15 is 0 Å². The number of nitrogens with two attached hydrogens (primary N) is 1. The molecule has 0 radical (unpaired) electrons. The standard InChI is InChI=1S/C10H22N2O/c1-10(5-4-8-13-9-10)12-7-3-2-6-11/h12H,2-9,11H2,1H3. The van der Waals surface area contributed by atoms with Gasteiger partial charge in [0.15, 0.2) is 0 Å². The SMILES string of the molecule is CC1(NCCCCN)CCCOC1. The Bertz CT molecular complexity index is 133. The van der Waals surface area contributed by atoms with E-state index in [-0.39, 0.29) is 5.54 Å². The first-order valence-corrected chi connectivity index (χ1v) is 5.30. The van der Waals surface area contributed by atoms with Crippen LogP contribution in [0.1, 0.15) is 32.6 Å². The second-order valence-corrected chi connectivity index (χ2v) is 4.14. The summed E-state index contributed by atoms with van der Waals surface area (Å²) in [5, 5.41) is 3.55. The van der Waals surface area contributed by atoms with Crippen molar-refractivity contribution in [3.63, 3.8) is 0 Å². The topological polar surface area (TPSA) is 47.3 Å². The van der Waals surface area contributed by atoms with E-state index in [2.05, 4.69) is 12.2 Å². The highest BCUT2D eigenvalue weighted by atomic mass is 16.5. The Hall–Kier alpha value is -0.120. The van der Waals surface area contributed by atoms with Gasteiger partial charge in [-0.3, -0.25) is 0 Å². The first-order valence-electron chi connectivity index (χ1n) is 5.30. The fourth-order valence-corrected chi connectivity index (χ4v) is 1.73. The summed E-state index contributed by atoms with van der Waals surface area (Å²) in [6, 6.07) is 0. The van der Waals surface area contributed by atoms with Crippen molar-refractivity contribution in [1.29, 1.82) is 0 Å². The molecule has 3 nitrogen and oxygen atoms in total. The lowest BCUT2D eigenvalue weighted by atomic mass is 9.95. The summed E-state index contributed by atoms with van der Waals surface area (Å²) >= 11 is 0. The van der Waals surface area contributed by atoms with Crippen molar-refractivity contribution in [2.75, 3.05) is 26.3 Å². The molecule has 1 atom stereocenters. The van der Waals surface area contributed by atoms with Crippen molar-refractivity contribution >= 4 is 0 Å². The van der Waals surface area contributed by atoms with Crippen LogP contribution in [0.4, 0.5) is 0 Å². The van der Waals surface area contributed by atoms with Gasteiger partial charge in [-0.05, 0) is 45.7 Å². The van der Waals surface area contributed by atoms with Gasteiger partial charge in [0.25, 0.3) is 0 Å². The highest BCUT2D eigenvalue weighted by molar-refractivity contribution is 4.84. The van der Waals surface area contributed by atoms with Crippen LogP contribution < -0.4 is 11.1 Å². The smallest absolute Gasteiger partial charge is 0.0645 e. The number of unbranched alkanes of at least 4 members (excludes halogenated alkanes) is 1. The van der Waals surface area contributed by atoms with Crippen LogP contribution in [0, 0.1) is 0 Å². The van der Waals surface area contributed by atoms with Gasteiger partial charge in [0.1, 0.15) is 0 Å². The van der Waals surface area contributed by atoms with E-state index in [1.807, 2.05) is 0 Å². The Morgan fingerprint density at radius 1 is 1.46 bits per heavy atom. The zero-order valence-electron chi connectivity index (χ0n) is 8.64. The van der Waals surface area contributed by atoms with E-state index in [1.165, 1.54) is 19.3 Å². The Kier molecular flexibility index (Phi) is 4.70. The summed E-state index contributed by atoms with van der Waals surface area (Å²) in [6.45, 7) is 5.90. The lowest BCUT2D eigenvalue weighted by Crippen LogP contribution is -2.49. The molecule has 0 saturated carbocycles. The van der Waals surface area contributed by atoms with Crippen molar-refractivity contribution in [2.24, 2.45) is 5.73 Å². The second kappa shape index (κ2) is 5.58. The zero-order valence-corrected chi connectivity index (χ0v) is 8.64. The normalized spacial score (nSPS) is 29.1. The summed E-state index contributed by atoms with van der Waals surface area (Å²) in [5.41, 5.74) is 5.64. The van der Waals surface area contributed by atoms with E-state index in [0.717, 1.165) is 32.7 Å². The molecule has 1 aliphatic rings. The van der Waals surface area contributed by atoms with E-state index in [0.29, 0.717) is 0 Å².